The van der Waals surface area contributed by atoms with Gasteiger partial charge in [0.15, 0.2) is 0 Å². The van der Waals surface area contributed by atoms with Crippen LogP contribution in [-0.2, 0) is 19.1 Å². The third-order valence-corrected chi connectivity index (χ3v) is 10.6. The molecule has 0 unspecified atom stereocenters. The van der Waals surface area contributed by atoms with Gasteiger partial charge in [0.25, 0.3) is 0 Å². The zero-order chi connectivity index (χ0) is 26.0. The molecule has 0 aromatic heterocycles. The highest BCUT2D eigenvalue weighted by atomic mass is 32.2. The predicted octanol–water partition coefficient (Wildman–Crippen LogP) is 4.69. The number of nitrogens with zero attached hydrogens (tertiary/aromatic N) is 1. The van der Waals surface area contributed by atoms with E-state index in [2.05, 4.69) is 0 Å². The highest BCUT2D eigenvalue weighted by Gasteiger charge is 2.65. The predicted molar refractivity (Wildman–Crippen MR) is 145 cm³/mol. The van der Waals surface area contributed by atoms with Crippen molar-refractivity contribution >= 4 is 35.4 Å². The van der Waals surface area contributed by atoms with E-state index in [1.807, 2.05) is 77.7 Å². The maximum atomic E-state index is 13.2. The van der Waals surface area contributed by atoms with Crippen molar-refractivity contribution in [2.45, 2.75) is 50.9 Å². The van der Waals surface area contributed by atoms with Crippen molar-refractivity contribution in [1.29, 1.82) is 0 Å². The second-order valence-corrected chi connectivity index (χ2v) is 12.3. The van der Waals surface area contributed by atoms with Crippen LogP contribution >= 0.6 is 23.5 Å². The molecule has 1 amide bonds. The first-order valence-electron chi connectivity index (χ1n) is 12.4. The van der Waals surface area contributed by atoms with E-state index in [-0.39, 0.29) is 23.0 Å². The number of benzene rings is 2. The van der Waals surface area contributed by atoms with Crippen LogP contribution < -0.4 is 0 Å². The van der Waals surface area contributed by atoms with Crippen molar-refractivity contribution in [3.63, 3.8) is 0 Å². The topological polar surface area (TPSA) is 76.1 Å². The molecular formula is C29H31NO5S2. The lowest BCUT2D eigenvalue weighted by molar-refractivity contribution is -0.165. The smallest absolute Gasteiger partial charge is 0.306 e. The zero-order valence-corrected chi connectivity index (χ0v) is 22.5. The fraction of sp³-hybridized carbons (Fsp3) is 0.379. The van der Waals surface area contributed by atoms with E-state index in [1.54, 1.807) is 36.7 Å². The van der Waals surface area contributed by atoms with E-state index in [4.69, 9.17) is 9.47 Å². The maximum absolute atomic E-state index is 13.2. The van der Waals surface area contributed by atoms with Gasteiger partial charge in [-0.1, -0.05) is 48.6 Å². The van der Waals surface area contributed by atoms with Gasteiger partial charge in [0.1, 0.15) is 0 Å². The van der Waals surface area contributed by atoms with Gasteiger partial charge < -0.3 is 19.5 Å². The van der Waals surface area contributed by atoms with E-state index in [9.17, 15) is 14.7 Å². The van der Waals surface area contributed by atoms with Crippen molar-refractivity contribution in [2.75, 3.05) is 20.8 Å². The van der Waals surface area contributed by atoms with Gasteiger partial charge in [-0.2, -0.15) is 0 Å². The van der Waals surface area contributed by atoms with Crippen LogP contribution in [0, 0.1) is 5.92 Å². The van der Waals surface area contributed by atoms with Crippen LogP contribution in [0.3, 0.4) is 0 Å². The number of thioether (sulfide) groups is 2. The molecule has 6 nitrogen and oxygen atoms in total. The molecule has 0 bridgehead atoms. The largest absolute Gasteiger partial charge is 0.469 e. The number of methoxy groups -OCH3 is 2. The molecule has 1 aliphatic carbocycles. The maximum Gasteiger partial charge on any atom is 0.306 e. The zero-order valence-electron chi connectivity index (χ0n) is 20.9. The van der Waals surface area contributed by atoms with Crippen LogP contribution in [0.1, 0.15) is 19.3 Å². The van der Waals surface area contributed by atoms with Crippen LogP contribution in [0.2, 0.25) is 0 Å². The molecule has 8 heteroatoms. The highest BCUT2D eigenvalue weighted by Crippen LogP contribution is 2.58. The summed E-state index contributed by atoms with van der Waals surface area (Å²) in [5.74, 6) is -1.09. The first-order chi connectivity index (χ1) is 17.9. The molecule has 37 heavy (non-hydrogen) atoms. The summed E-state index contributed by atoms with van der Waals surface area (Å²) in [5, 5.41) is 12.8. The second kappa shape index (κ2) is 10.7. The molecule has 5 rings (SSSR count). The number of hydrogen-bond donors (Lipinski definition) is 1. The van der Waals surface area contributed by atoms with Crippen LogP contribution in [0.15, 0.2) is 94.3 Å². The minimum atomic E-state index is -1.31. The van der Waals surface area contributed by atoms with E-state index in [0.29, 0.717) is 19.4 Å². The molecule has 1 N–H and O–H groups in total. The number of ether oxygens (including phenoxy) is 2. The van der Waals surface area contributed by atoms with Gasteiger partial charge in [-0.15, -0.1) is 23.5 Å². The lowest BCUT2D eigenvalue weighted by atomic mass is 9.61. The van der Waals surface area contributed by atoms with Crippen LogP contribution in [0.25, 0.3) is 0 Å². The van der Waals surface area contributed by atoms with Gasteiger partial charge in [0.2, 0.25) is 5.91 Å². The van der Waals surface area contributed by atoms with Gasteiger partial charge in [0.05, 0.1) is 35.4 Å². The normalized spacial score (nSPS) is 28.6. The Morgan fingerprint density at radius 3 is 2.27 bits per heavy atom. The van der Waals surface area contributed by atoms with Gasteiger partial charge >= 0.3 is 5.97 Å². The molecule has 2 aliphatic heterocycles. The molecule has 1 spiro atoms. The van der Waals surface area contributed by atoms with Crippen molar-refractivity contribution in [3.05, 3.63) is 84.5 Å². The van der Waals surface area contributed by atoms with Crippen LogP contribution in [0.5, 0.6) is 0 Å². The third-order valence-electron chi connectivity index (χ3n) is 7.73. The Morgan fingerprint density at radius 1 is 1.08 bits per heavy atom. The molecule has 0 saturated carbocycles. The van der Waals surface area contributed by atoms with Crippen LogP contribution in [-0.4, -0.2) is 64.5 Å². The lowest BCUT2D eigenvalue weighted by Gasteiger charge is -2.59. The monoisotopic (exact) mass is 537 g/mol. The molecule has 0 radical (unpaired) electrons. The number of hydrogen-bond acceptors (Lipinski definition) is 7. The van der Waals surface area contributed by atoms with E-state index in [0.717, 1.165) is 15.4 Å². The van der Waals surface area contributed by atoms with E-state index >= 15 is 0 Å². The Balaban J connectivity index is 1.63. The number of piperidine rings is 1. The summed E-state index contributed by atoms with van der Waals surface area (Å²) in [7, 11) is 3.01. The molecule has 2 aromatic rings. The number of esters is 1. The molecule has 194 valence electrons. The number of aliphatic hydroxyl groups is 1. The highest BCUT2D eigenvalue weighted by molar-refractivity contribution is 8.17. The number of carbonyl (C=O) groups excluding carboxylic acids is 2. The van der Waals surface area contributed by atoms with E-state index < -0.39 is 23.0 Å². The molecule has 2 aromatic carbocycles. The van der Waals surface area contributed by atoms with Gasteiger partial charge in [-0.3, -0.25) is 9.59 Å². The van der Waals surface area contributed by atoms with Gasteiger partial charge in [0, 0.05) is 41.9 Å². The number of rotatable bonds is 8. The molecule has 3 aliphatic rings. The number of amides is 1. The first-order valence-corrected chi connectivity index (χ1v) is 14.1. The summed E-state index contributed by atoms with van der Waals surface area (Å²) < 4.78 is 10.5. The van der Waals surface area contributed by atoms with Crippen molar-refractivity contribution in [1.82, 2.24) is 4.90 Å². The molecule has 1 fully saturated rings. The minimum absolute atomic E-state index is 0.0143. The summed E-state index contributed by atoms with van der Waals surface area (Å²) in [6, 6.07) is 20.0. The standard InChI is InChI=1S/C29H31NO5S2/c1-34-21-14-13-20-17-25(31)30-16-15-29(33,24(18-26(32)35-2)28(20,30)19-21)27(36-22-9-5-3-6-10-22)37-23-11-7-4-8-12-23/h3-14,17,21,24,27,33H,15-16,18-19H2,1-2H3/t21-,24+,28-,29+/m0/s1. The summed E-state index contributed by atoms with van der Waals surface area (Å²) in [6.45, 7) is 0.387. The summed E-state index contributed by atoms with van der Waals surface area (Å²) >= 11 is 3.19. The van der Waals surface area contributed by atoms with Crippen molar-refractivity contribution < 1.29 is 24.2 Å². The summed E-state index contributed by atoms with van der Waals surface area (Å²) in [6.07, 6.45) is 6.09. The molecule has 1 saturated heterocycles. The minimum Gasteiger partial charge on any atom is -0.469 e. The second-order valence-electron chi connectivity index (χ2n) is 9.62. The fourth-order valence-corrected chi connectivity index (χ4v) is 8.88. The Bertz CT molecular complexity index is 1160. The van der Waals surface area contributed by atoms with Crippen molar-refractivity contribution in [2.24, 2.45) is 5.92 Å². The average Bonchev–Trinajstić information content (AvgIpc) is 3.22. The van der Waals surface area contributed by atoms with E-state index in [1.165, 1.54) is 7.11 Å². The SMILES string of the molecule is COC(=O)C[C@@H]1[C@]23C[C@@H](OC)C=CC2=CC(=O)N3CC[C@]1(O)C(Sc1ccccc1)Sc1ccccc1. The molecular weight excluding hydrogens is 506 g/mol. The molecule has 2 heterocycles. The van der Waals surface area contributed by atoms with Crippen LogP contribution in [0.4, 0.5) is 0 Å². The summed E-state index contributed by atoms with van der Waals surface area (Å²) in [4.78, 5) is 30.0. The quantitative estimate of drug-likeness (QED) is 0.297. The number of carbonyl (C=O) groups is 2. The lowest BCUT2D eigenvalue weighted by Crippen LogP contribution is -2.69. The average molecular weight is 538 g/mol. The van der Waals surface area contributed by atoms with Gasteiger partial charge in [-0.25, -0.2) is 0 Å². The Morgan fingerprint density at radius 2 is 1.70 bits per heavy atom. The molecule has 4 atom stereocenters. The van der Waals surface area contributed by atoms with Gasteiger partial charge in [-0.05, 0) is 36.3 Å². The summed E-state index contributed by atoms with van der Waals surface area (Å²) in [5.41, 5.74) is -1.34. The Labute approximate surface area is 226 Å². The third kappa shape index (κ3) is 4.76. The first kappa shape index (κ1) is 26.1. The van der Waals surface area contributed by atoms with Crippen molar-refractivity contribution in [3.8, 4) is 0 Å². The fourth-order valence-electron chi connectivity index (χ4n) is 5.93. The Kier molecular flexibility index (Phi) is 7.54. The Hall–Kier alpha value is -2.52.